The van der Waals surface area contributed by atoms with E-state index in [1.807, 2.05) is 11.9 Å². The molecule has 0 spiro atoms. The van der Waals surface area contributed by atoms with E-state index in [1.165, 1.54) is 17.5 Å². The molecule has 3 heteroatoms. The number of hydrogen-bond donors (Lipinski definition) is 1. The lowest BCUT2D eigenvalue weighted by molar-refractivity contribution is -0.131. The molecule has 1 amide bonds. The Kier molecular flexibility index (Phi) is 5.60. The van der Waals surface area contributed by atoms with Gasteiger partial charge in [0.1, 0.15) is 0 Å². The standard InChI is InChI=1S/C17H26N2O/c1-3-14-8-10-15(11-9-14)16(18-2)13-19-12-6-4-5-7-17(19)20/h8-11,16,18H,3-7,12-13H2,1-2H3. The van der Waals surface area contributed by atoms with Gasteiger partial charge in [-0.05, 0) is 37.4 Å². The van der Waals surface area contributed by atoms with Crippen LogP contribution in [0, 0.1) is 0 Å². The van der Waals surface area contributed by atoms with Gasteiger partial charge in [0.2, 0.25) is 5.91 Å². The third-order valence-corrected chi connectivity index (χ3v) is 4.21. The molecular formula is C17H26N2O. The minimum absolute atomic E-state index is 0.225. The minimum Gasteiger partial charge on any atom is -0.341 e. The summed E-state index contributed by atoms with van der Waals surface area (Å²) in [7, 11) is 1.97. The van der Waals surface area contributed by atoms with Gasteiger partial charge < -0.3 is 10.2 Å². The molecule has 1 aliphatic rings. The first-order chi connectivity index (χ1) is 9.74. The predicted molar refractivity (Wildman–Crippen MR) is 82.7 cm³/mol. The lowest BCUT2D eigenvalue weighted by Crippen LogP contribution is -2.37. The fourth-order valence-corrected chi connectivity index (χ4v) is 2.80. The van der Waals surface area contributed by atoms with Gasteiger partial charge >= 0.3 is 0 Å². The molecule has 1 unspecified atom stereocenters. The van der Waals surface area contributed by atoms with Crippen molar-refractivity contribution in [3.8, 4) is 0 Å². The summed E-state index contributed by atoms with van der Waals surface area (Å²) in [4.78, 5) is 14.1. The van der Waals surface area contributed by atoms with Crippen LogP contribution in [0.5, 0.6) is 0 Å². The Balaban J connectivity index is 2.04. The number of carbonyl (C=O) groups excluding carboxylic acids is 1. The second kappa shape index (κ2) is 7.44. The van der Waals surface area contributed by atoms with Crippen molar-refractivity contribution in [2.24, 2.45) is 0 Å². The first-order valence-electron chi connectivity index (χ1n) is 7.78. The number of nitrogens with zero attached hydrogens (tertiary/aromatic N) is 1. The highest BCUT2D eigenvalue weighted by atomic mass is 16.2. The van der Waals surface area contributed by atoms with Crippen LogP contribution in [0.1, 0.15) is 49.8 Å². The Labute approximate surface area is 122 Å². The molecule has 0 aliphatic carbocycles. The topological polar surface area (TPSA) is 32.3 Å². The number of nitrogens with one attached hydrogen (secondary N) is 1. The maximum absolute atomic E-state index is 12.1. The third kappa shape index (κ3) is 3.83. The molecular weight excluding hydrogens is 248 g/mol. The first kappa shape index (κ1) is 15.0. The minimum atomic E-state index is 0.225. The molecule has 3 nitrogen and oxygen atoms in total. The van der Waals surface area contributed by atoms with Gasteiger partial charge in [-0.3, -0.25) is 4.79 Å². The summed E-state index contributed by atoms with van der Waals surface area (Å²) in [6, 6.07) is 8.96. The summed E-state index contributed by atoms with van der Waals surface area (Å²) in [5.74, 6) is 0.313. The molecule has 1 heterocycles. The SMILES string of the molecule is CCc1ccc(C(CN2CCCCCC2=O)NC)cc1. The molecule has 110 valence electrons. The van der Waals surface area contributed by atoms with Crippen molar-refractivity contribution in [2.45, 2.75) is 45.1 Å². The van der Waals surface area contributed by atoms with Crippen molar-refractivity contribution in [3.05, 3.63) is 35.4 Å². The Bertz CT molecular complexity index is 427. The van der Waals surface area contributed by atoms with Gasteiger partial charge in [0.15, 0.2) is 0 Å². The van der Waals surface area contributed by atoms with Crippen LogP contribution >= 0.6 is 0 Å². The van der Waals surface area contributed by atoms with Gasteiger partial charge in [-0.2, -0.15) is 0 Å². The quantitative estimate of drug-likeness (QED) is 0.895. The summed E-state index contributed by atoms with van der Waals surface area (Å²) in [6.07, 6.45) is 5.14. The van der Waals surface area contributed by atoms with Gasteiger partial charge in [-0.1, -0.05) is 37.6 Å². The van der Waals surface area contributed by atoms with E-state index >= 15 is 0 Å². The second-order valence-electron chi connectivity index (χ2n) is 5.59. The van der Waals surface area contributed by atoms with Crippen molar-refractivity contribution in [2.75, 3.05) is 20.1 Å². The Hall–Kier alpha value is -1.35. The fourth-order valence-electron chi connectivity index (χ4n) is 2.80. The number of aryl methyl sites for hydroxylation is 1. The van der Waals surface area contributed by atoms with Crippen LogP contribution in [-0.4, -0.2) is 30.9 Å². The highest BCUT2D eigenvalue weighted by Crippen LogP contribution is 2.18. The molecule has 0 radical (unpaired) electrons. The van der Waals surface area contributed by atoms with Crippen LogP contribution in [0.25, 0.3) is 0 Å². The van der Waals surface area contributed by atoms with Crippen molar-refractivity contribution in [1.29, 1.82) is 0 Å². The number of likely N-dealkylation sites (N-methyl/N-ethyl adjacent to an activating group) is 1. The van der Waals surface area contributed by atoms with Crippen LogP contribution < -0.4 is 5.32 Å². The van der Waals surface area contributed by atoms with Crippen LogP contribution in [0.4, 0.5) is 0 Å². The number of amides is 1. The molecule has 1 aromatic carbocycles. The van der Waals surface area contributed by atoms with E-state index in [-0.39, 0.29) is 6.04 Å². The zero-order valence-corrected chi connectivity index (χ0v) is 12.7. The molecule has 1 aromatic rings. The average molecular weight is 274 g/mol. The molecule has 0 saturated carbocycles. The highest BCUT2D eigenvalue weighted by Gasteiger charge is 2.20. The molecule has 0 bridgehead atoms. The molecule has 1 atom stereocenters. The Morgan fingerprint density at radius 3 is 2.60 bits per heavy atom. The van der Waals surface area contributed by atoms with Crippen molar-refractivity contribution >= 4 is 5.91 Å². The lowest BCUT2D eigenvalue weighted by Gasteiger charge is -2.27. The van der Waals surface area contributed by atoms with Crippen molar-refractivity contribution in [3.63, 3.8) is 0 Å². The fraction of sp³-hybridized carbons (Fsp3) is 0.588. The smallest absolute Gasteiger partial charge is 0.222 e. The molecule has 1 fully saturated rings. The normalized spacial score (nSPS) is 17.9. The van der Waals surface area contributed by atoms with Gasteiger partial charge in [0, 0.05) is 25.6 Å². The molecule has 20 heavy (non-hydrogen) atoms. The lowest BCUT2D eigenvalue weighted by atomic mass is 10.0. The largest absolute Gasteiger partial charge is 0.341 e. The summed E-state index contributed by atoms with van der Waals surface area (Å²) >= 11 is 0. The summed E-state index contributed by atoms with van der Waals surface area (Å²) in [5.41, 5.74) is 2.62. The molecule has 2 rings (SSSR count). The third-order valence-electron chi connectivity index (χ3n) is 4.21. The van der Waals surface area contributed by atoms with Gasteiger partial charge in [-0.25, -0.2) is 0 Å². The van der Waals surface area contributed by atoms with E-state index in [2.05, 4.69) is 36.5 Å². The van der Waals surface area contributed by atoms with Gasteiger partial charge in [-0.15, -0.1) is 0 Å². The van der Waals surface area contributed by atoms with E-state index in [0.717, 1.165) is 32.4 Å². The number of rotatable bonds is 5. The van der Waals surface area contributed by atoms with Crippen LogP contribution in [-0.2, 0) is 11.2 Å². The van der Waals surface area contributed by atoms with Crippen LogP contribution in [0.3, 0.4) is 0 Å². The molecule has 1 saturated heterocycles. The Morgan fingerprint density at radius 1 is 1.20 bits per heavy atom. The predicted octanol–water partition coefficient (Wildman–Crippen LogP) is 2.91. The number of hydrogen-bond acceptors (Lipinski definition) is 2. The molecule has 1 N–H and O–H groups in total. The summed E-state index contributed by atoms with van der Waals surface area (Å²) in [6.45, 7) is 3.85. The zero-order chi connectivity index (χ0) is 14.4. The maximum atomic E-state index is 12.1. The Morgan fingerprint density at radius 2 is 1.95 bits per heavy atom. The molecule has 0 aromatic heterocycles. The average Bonchev–Trinajstić information content (AvgIpc) is 2.69. The zero-order valence-electron chi connectivity index (χ0n) is 12.7. The van der Waals surface area contributed by atoms with E-state index in [9.17, 15) is 4.79 Å². The van der Waals surface area contributed by atoms with Crippen LogP contribution in [0.2, 0.25) is 0 Å². The maximum Gasteiger partial charge on any atom is 0.222 e. The van der Waals surface area contributed by atoms with Crippen molar-refractivity contribution < 1.29 is 4.79 Å². The van der Waals surface area contributed by atoms with E-state index in [1.54, 1.807) is 0 Å². The number of carbonyl (C=O) groups is 1. The van der Waals surface area contributed by atoms with Crippen LogP contribution in [0.15, 0.2) is 24.3 Å². The van der Waals surface area contributed by atoms with Gasteiger partial charge in [0.25, 0.3) is 0 Å². The van der Waals surface area contributed by atoms with Crippen molar-refractivity contribution in [1.82, 2.24) is 10.2 Å². The van der Waals surface area contributed by atoms with E-state index in [4.69, 9.17) is 0 Å². The number of likely N-dealkylation sites (tertiary alicyclic amines) is 1. The highest BCUT2D eigenvalue weighted by molar-refractivity contribution is 5.76. The summed E-state index contributed by atoms with van der Waals surface area (Å²) < 4.78 is 0. The number of benzene rings is 1. The summed E-state index contributed by atoms with van der Waals surface area (Å²) in [5, 5.41) is 3.35. The second-order valence-corrected chi connectivity index (χ2v) is 5.59. The van der Waals surface area contributed by atoms with Gasteiger partial charge in [0.05, 0.1) is 0 Å². The van der Waals surface area contributed by atoms with E-state index < -0.39 is 0 Å². The van der Waals surface area contributed by atoms with E-state index in [0.29, 0.717) is 12.3 Å². The molecule has 1 aliphatic heterocycles. The first-order valence-corrected chi connectivity index (χ1v) is 7.78. The monoisotopic (exact) mass is 274 g/mol.